The van der Waals surface area contributed by atoms with E-state index in [1.54, 1.807) is 0 Å². The van der Waals surface area contributed by atoms with Gasteiger partial charge in [0.05, 0.1) is 0 Å². The van der Waals surface area contributed by atoms with Crippen LogP contribution in [-0.2, 0) is 16.0 Å². The van der Waals surface area contributed by atoms with Crippen LogP contribution >= 0.6 is 0 Å². The number of hydrogen-bond acceptors (Lipinski definition) is 2. The first-order valence-electron chi connectivity index (χ1n) is 8.19. The Balaban J connectivity index is 1.96. The van der Waals surface area contributed by atoms with Crippen molar-refractivity contribution in [3.8, 4) is 0 Å². The molecule has 3 N–H and O–H groups in total. The molecule has 0 spiro atoms. The second-order valence-electron chi connectivity index (χ2n) is 5.83. The molecule has 1 atom stereocenters. The molecule has 1 unspecified atom stereocenters. The number of carboxylic acid groups (broad SMARTS) is 1. The zero-order valence-corrected chi connectivity index (χ0v) is 13.5. The fourth-order valence-corrected chi connectivity index (χ4v) is 2.70. The molecular weight excluding hydrogens is 292 g/mol. The minimum absolute atomic E-state index is 0.187. The zero-order valence-electron chi connectivity index (χ0n) is 13.5. The van der Waals surface area contributed by atoms with Crippen LogP contribution in [0.15, 0.2) is 30.5 Å². The fourth-order valence-electron chi connectivity index (χ4n) is 2.70. The van der Waals surface area contributed by atoms with Crippen molar-refractivity contribution >= 4 is 22.8 Å². The van der Waals surface area contributed by atoms with Gasteiger partial charge in [0.2, 0.25) is 5.91 Å². The van der Waals surface area contributed by atoms with Crippen LogP contribution in [0.3, 0.4) is 0 Å². The van der Waals surface area contributed by atoms with Crippen molar-refractivity contribution in [3.63, 3.8) is 0 Å². The van der Waals surface area contributed by atoms with Gasteiger partial charge in [0.25, 0.3) is 0 Å². The molecule has 2 rings (SSSR count). The largest absolute Gasteiger partial charge is 0.480 e. The van der Waals surface area contributed by atoms with Crippen molar-refractivity contribution in [1.82, 2.24) is 10.3 Å². The number of hydrogen-bond donors (Lipinski definition) is 3. The van der Waals surface area contributed by atoms with Gasteiger partial charge in [-0.25, -0.2) is 4.79 Å². The van der Waals surface area contributed by atoms with E-state index in [0.717, 1.165) is 42.1 Å². The number of aliphatic carboxylic acids is 1. The maximum absolute atomic E-state index is 11.9. The van der Waals surface area contributed by atoms with Crippen molar-refractivity contribution < 1.29 is 14.7 Å². The van der Waals surface area contributed by atoms with Gasteiger partial charge in [-0.15, -0.1) is 0 Å². The normalized spacial score (nSPS) is 12.2. The number of aromatic amines is 1. The van der Waals surface area contributed by atoms with Crippen molar-refractivity contribution in [2.75, 3.05) is 0 Å². The Kier molecular flexibility index (Phi) is 6.20. The molecule has 0 saturated carbocycles. The summed E-state index contributed by atoms with van der Waals surface area (Å²) in [5, 5.41) is 13.0. The Hall–Kier alpha value is -2.30. The molecule has 0 saturated heterocycles. The Morgan fingerprint density at radius 2 is 2.00 bits per heavy atom. The number of rotatable bonds is 9. The molecule has 5 heteroatoms. The van der Waals surface area contributed by atoms with E-state index in [2.05, 4.69) is 17.2 Å². The van der Waals surface area contributed by atoms with Crippen molar-refractivity contribution in [3.05, 3.63) is 36.0 Å². The summed E-state index contributed by atoms with van der Waals surface area (Å²) in [6, 6.07) is 6.85. The number of aromatic nitrogens is 1. The fraction of sp³-hybridized carbons (Fsp3) is 0.444. The number of unbranched alkanes of at least 4 members (excludes halogenated alkanes) is 3. The average molecular weight is 316 g/mol. The minimum atomic E-state index is -1.00. The molecular formula is C18H24N2O3. The molecule has 1 aromatic carbocycles. The van der Waals surface area contributed by atoms with Gasteiger partial charge in [0.15, 0.2) is 0 Å². The van der Waals surface area contributed by atoms with Crippen LogP contribution in [0.5, 0.6) is 0 Å². The van der Waals surface area contributed by atoms with Gasteiger partial charge in [-0.2, -0.15) is 0 Å². The second-order valence-corrected chi connectivity index (χ2v) is 5.83. The topological polar surface area (TPSA) is 82.2 Å². The van der Waals surface area contributed by atoms with Crippen LogP contribution in [0.1, 0.15) is 44.6 Å². The SMILES string of the molecule is CCCCCCC(=O)NC(Cc1c[nH]c2ccccc12)C(=O)O. The van der Waals surface area contributed by atoms with Gasteiger partial charge >= 0.3 is 5.97 Å². The summed E-state index contributed by atoms with van der Waals surface area (Å²) < 4.78 is 0. The van der Waals surface area contributed by atoms with E-state index in [9.17, 15) is 14.7 Å². The van der Waals surface area contributed by atoms with Crippen LogP contribution in [0.2, 0.25) is 0 Å². The molecule has 0 aliphatic rings. The van der Waals surface area contributed by atoms with Crippen LogP contribution < -0.4 is 5.32 Å². The highest BCUT2D eigenvalue weighted by molar-refractivity contribution is 5.86. The van der Waals surface area contributed by atoms with Crippen molar-refractivity contribution in [2.24, 2.45) is 0 Å². The Bertz CT molecular complexity index is 663. The van der Waals surface area contributed by atoms with E-state index in [1.165, 1.54) is 0 Å². The third kappa shape index (κ3) is 4.84. The van der Waals surface area contributed by atoms with Gasteiger partial charge < -0.3 is 15.4 Å². The molecule has 124 valence electrons. The minimum Gasteiger partial charge on any atom is -0.480 e. The van der Waals surface area contributed by atoms with E-state index in [0.29, 0.717) is 6.42 Å². The molecule has 2 aromatic rings. The smallest absolute Gasteiger partial charge is 0.326 e. The quantitative estimate of drug-likeness (QED) is 0.621. The van der Waals surface area contributed by atoms with E-state index in [1.807, 2.05) is 30.5 Å². The first kappa shape index (κ1) is 17.1. The molecule has 1 aromatic heterocycles. The van der Waals surface area contributed by atoms with Gasteiger partial charge in [-0.3, -0.25) is 4.79 Å². The van der Waals surface area contributed by atoms with Gasteiger partial charge in [-0.1, -0.05) is 44.4 Å². The predicted molar refractivity (Wildman–Crippen MR) is 90.3 cm³/mol. The van der Waals surface area contributed by atoms with E-state index in [-0.39, 0.29) is 12.3 Å². The summed E-state index contributed by atoms with van der Waals surface area (Å²) in [6.07, 6.45) is 6.50. The van der Waals surface area contributed by atoms with Gasteiger partial charge in [0, 0.05) is 29.9 Å². The molecule has 0 fully saturated rings. The number of carboxylic acids is 1. The third-order valence-corrected chi connectivity index (χ3v) is 3.99. The lowest BCUT2D eigenvalue weighted by Gasteiger charge is -2.14. The lowest BCUT2D eigenvalue weighted by Crippen LogP contribution is -2.42. The summed E-state index contributed by atoms with van der Waals surface area (Å²) in [7, 11) is 0. The number of nitrogens with one attached hydrogen (secondary N) is 2. The number of para-hydroxylation sites is 1. The zero-order chi connectivity index (χ0) is 16.7. The summed E-state index contributed by atoms with van der Waals surface area (Å²) in [6.45, 7) is 2.11. The van der Waals surface area contributed by atoms with Crippen LogP contribution in [0, 0.1) is 0 Å². The Labute approximate surface area is 136 Å². The number of fused-ring (bicyclic) bond motifs is 1. The molecule has 5 nitrogen and oxygen atoms in total. The molecule has 1 heterocycles. The number of H-pyrrole nitrogens is 1. The molecule has 0 aliphatic heterocycles. The van der Waals surface area contributed by atoms with E-state index in [4.69, 9.17) is 0 Å². The van der Waals surface area contributed by atoms with Gasteiger partial charge in [-0.05, 0) is 18.1 Å². The standard InChI is InChI=1S/C18H24N2O3/c1-2-3-4-5-10-17(21)20-16(18(22)23)11-13-12-19-15-9-7-6-8-14(13)15/h6-9,12,16,19H,2-5,10-11H2,1H3,(H,20,21)(H,22,23). The van der Waals surface area contributed by atoms with E-state index >= 15 is 0 Å². The lowest BCUT2D eigenvalue weighted by atomic mass is 10.0. The average Bonchev–Trinajstić information content (AvgIpc) is 2.94. The molecule has 0 radical (unpaired) electrons. The molecule has 1 amide bonds. The molecule has 0 aliphatic carbocycles. The van der Waals surface area contributed by atoms with Crippen LogP contribution in [-0.4, -0.2) is 28.0 Å². The van der Waals surface area contributed by atoms with E-state index < -0.39 is 12.0 Å². The number of benzene rings is 1. The highest BCUT2D eigenvalue weighted by Crippen LogP contribution is 2.19. The maximum Gasteiger partial charge on any atom is 0.326 e. The lowest BCUT2D eigenvalue weighted by molar-refractivity contribution is -0.141. The molecule has 0 bridgehead atoms. The monoisotopic (exact) mass is 316 g/mol. The number of carbonyl (C=O) groups excluding carboxylic acids is 1. The number of amides is 1. The highest BCUT2D eigenvalue weighted by atomic mass is 16.4. The summed E-state index contributed by atoms with van der Waals surface area (Å²) in [5.41, 5.74) is 1.87. The Morgan fingerprint density at radius 3 is 2.74 bits per heavy atom. The summed E-state index contributed by atoms with van der Waals surface area (Å²) in [5.74, 6) is -1.19. The first-order valence-corrected chi connectivity index (χ1v) is 8.19. The third-order valence-electron chi connectivity index (χ3n) is 3.99. The van der Waals surface area contributed by atoms with Crippen molar-refractivity contribution in [2.45, 2.75) is 51.5 Å². The van der Waals surface area contributed by atoms with Crippen LogP contribution in [0.4, 0.5) is 0 Å². The number of carbonyl (C=O) groups is 2. The highest BCUT2D eigenvalue weighted by Gasteiger charge is 2.21. The Morgan fingerprint density at radius 1 is 1.22 bits per heavy atom. The van der Waals surface area contributed by atoms with Gasteiger partial charge in [0.1, 0.15) is 6.04 Å². The summed E-state index contributed by atoms with van der Waals surface area (Å²) in [4.78, 5) is 26.5. The van der Waals surface area contributed by atoms with Crippen molar-refractivity contribution in [1.29, 1.82) is 0 Å². The van der Waals surface area contributed by atoms with Crippen LogP contribution in [0.25, 0.3) is 10.9 Å². The summed E-state index contributed by atoms with van der Waals surface area (Å²) >= 11 is 0. The molecule has 23 heavy (non-hydrogen) atoms. The first-order chi connectivity index (χ1) is 11.1. The predicted octanol–water partition coefficient (Wildman–Crippen LogP) is 3.25. The maximum atomic E-state index is 11.9. The second kappa shape index (κ2) is 8.36.